The van der Waals surface area contributed by atoms with Crippen LogP contribution < -0.4 is 4.70 Å². The van der Waals surface area contributed by atoms with Crippen LogP contribution in [0.2, 0.25) is 18.1 Å². The summed E-state index contributed by atoms with van der Waals surface area (Å²) in [5, 5.41) is 1.82. The molecule has 1 unspecified atom stereocenters. The van der Waals surface area contributed by atoms with Crippen molar-refractivity contribution in [2.45, 2.75) is 58.4 Å². The van der Waals surface area contributed by atoms with Gasteiger partial charge in [-0.15, -0.1) is 0 Å². The second-order valence-corrected chi connectivity index (χ2v) is 13.2. The topological polar surface area (TPSA) is 26.3 Å². The molecule has 0 aromatic rings. The molecule has 1 heterocycles. The molecular weight excluding hydrogens is 319 g/mol. The van der Waals surface area contributed by atoms with Gasteiger partial charge in [0.05, 0.1) is 5.04 Å². The Morgan fingerprint density at radius 2 is 1.88 bits per heavy atom. The van der Waals surface area contributed by atoms with Crippen molar-refractivity contribution < 1.29 is 14.2 Å². The van der Waals surface area contributed by atoms with Gasteiger partial charge in [-0.2, -0.15) is 0 Å². The smallest absolute Gasteiger partial charge is 0.302 e. The monoisotopic (exact) mass is 348 g/mol. The van der Waals surface area contributed by atoms with Gasteiger partial charge >= 0.3 is 5.97 Å². The first-order valence-electron chi connectivity index (χ1n) is 8.73. The molecule has 0 aromatic carbocycles. The Balaban J connectivity index is 0.00000208. The van der Waals surface area contributed by atoms with Gasteiger partial charge in [0.1, 0.15) is 14.2 Å². The average Bonchev–Trinajstić information content (AvgIpc) is 2.58. The van der Waals surface area contributed by atoms with Gasteiger partial charge in [0.15, 0.2) is 0 Å². The van der Waals surface area contributed by atoms with Gasteiger partial charge in [0, 0.05) is 49.0 Å². The Labute approximate surface area is 146 Å². The molecule has 24 heavy (non-hydrogen) atoms. The van der Waals surface area contributed by atoms with Gasteiger partial charge in [-0.05, 0) is 12.3 Å². The molecule has 0 bridgehead atoms. The maximum absolute atomic E-state index is 11.5. The van der Waals surface area contributed by atoms with Gasteiger partial charge in [0.25, 0.3) is 0 Å². The van der Waals surface area contributed by atoms with Crippen molar-refractivity contribution in [3.8, 4) is 0 Å². The molecule has 3 rings (SSSR count). The van der Waals surface area contributed by atoms with E-state index in [1.54, 1.807) is 5.20 Å². The normalized spacial score (nSPS) is 33.9. The molecular formula is C20H29FO2Si. The first kappa shape index (κ1) is 19.0. The highest BCUT2D eigenvalue weighted by molar-refractivity contribution is 6.89. The average molecular weight is 349 g/mol. The summed E-state index contributed by atoms with van der Waals surface area (Å²) in [6.07, 6.45) is 14.9. The predicted octanol–water partition coefficient (Wildman–Crippen LogP) is 1.86. The maximum atomic E-state index is 11.5. The number of fused-ring (bicyclic) bond motifs is 1. The van der Waals surface area contributed by atoms with Crippen molar-refractivity contribution in [3.63, 3.8) is 0 Å². The molecule has 0 saturated carbocycles. The van der Waals surface area contributed by atoms with Gasteiger partial charge in [0.2, 0.25) is 0 Å². The van der Waals surface area contributed by atoms with E-state index < -0.39 is 8.07 Å². The van der Waals surface area contributed by atoms with Gasteiger partial charge < -0.3 is 9.44 Å². The van der Waals surface area contributed by atoms with Crippen LogP contribution in [0.25, 0.3) is 0 Å². The molecule has 2 aliphatic carbocycles. The summed E-state index contributed by atoms with van der Waals surface area (Å²) in [5.74, 6) is 0.649. The number of hydrogen-bond acceptors (Lipinski definition) is 2. The summed E-state index contributed by atoms with van der Waals surface area (Å²) in [6, 6.07) is 0. The first-order chi connectivity index (χ1) is 10.6. The van der Waals surface area contributed by atoms with Crippen molar-refractivity contribution in [3.05, 3.63) is 42.0 Å². The number of ether oxygens (including phenoxy) is 1. The van der Waals surface area contributed by atoms with E-state index in [2.05, 4.69) is 70.7 Å². The minimum Gasteiger partial charge on any atom is -1.00 e. The second kappa shape index (κ2) is 5.90. The second-order valence-electron chi connectivity index (χ2n) is 8.54. The van der Waals surface area contributed by atoms with Crippen LogP contribution in [0, 0.1) is 23.7 Å². The van der Waals surface area contributed by atoms with Gasteiger partial charge in [-0.1, -0.05) is 45.1 Å². The van der Waals surface area contributed by atoms with Gasteiger partial charge in [-0.3, -0.25) is 4.79 Å². The molecule has 1 saturated heterocycles. The van der Waals surface area contributed by atoms with E-state index in [-0.39, 0.29) is 27.2 Å². The highest BCUT2D eigenvalue weighted by Gasteiger charge is 2.69. The number of carbonyl (C=O) groups excluding carboxylic acids is 1. The van der Waals surface area contributed by atoms with Crippen LogP contribution >= 0.6 is 0 Å². The fraction of sp³-hybridized carbons (Fsp3) is 0.600. The summed E-state index contributed by atoms with van der Waals surface area (Å²) in [5.41, 5.74) is 0.147. The zero-order valence-electron chi connectivity index (χ0n) is 15.6. The van der Waals surface area contributed by atoms with Crippen LogP contribution in [-0.4, -0.2) is 20.1 Å². The van der Waals surface area contributed by atoms with E-state index >= 15 is 0 Å². The molecule has 1 spiro atoms. The molecule has 3 atom stereocenters. The quantitative estimate of drug-likeness (QED) is 0.411. The molecule has 0 radical (unpaired) electrons. The number of hydrogen-bond donors (Lipinski definition) is 0. The largest absolute Gasteiger partial charge is 1.00 e. The Kier molecular flexibility index (Phi) is 4.68. The van der Waals surface area contributed by atoms with Crippen molar-refractivity contribution >= 4 is 14.0 Å². The molecule has 4 heteroatoms. The Morgan fingerprint density at radius 3 is 2.42 bits per heavy atom. The van der Waals surface area contributed by atoms with E-state index in [9.17, 15) is 4.79 Å². The van der Waals surface area contributed by atoms with E-state index in [1.807, 2.05) is 0 Å². The zero-order chi connectivity index (χ0) is 17.0. The number of allylic oxidation sites excluding steroid dienone is 5. The molecule has 0 aromatic heterocycles. The third-order valence-electron chi connectivity index (χ3n) is 6.82. The molecule has 1 aliphatic heterocycles. The summed E-state index contributed by atoms with van der Waals surface area (Å²) in [7, 11) is -1.67. The standard InChI is InChI=1S/C20H29O2Si.FH/c1-14-12-18-16(13-17(14)22-15(2)21)19(3,4)20(23(18,5)6)10-8-7-9-11-20;/h7-12,14,16-17H,13H2,1-6H3;1H/q+1;/p-1/t14-,16?,17+;/m1./s1. The molecule has 2 nitrogen and oxygen atoms in total. The summed E-state index contributed by atoms with van der Waals surface area (Å²) >= 11 is 0. The fourth-order valence-corrected chi connectivity index (χ4v) is 10.8. The number of halogens is 1. The zero-order valence-corrected chi connectivity index (χ0v) is 16.6. The van der Waals surface area contributed by atoms with E-state index in [4.69, 9.17) is 4.74 Å². The highest BCUT2D eigenvalue weighted by atomic mass is 28.3. The van der Waals surface area contributed by atoms with Crippen LogP contribution in [-0.2, 0) is 9.53 Å². The first-order valence-corrected chi connectivity index (χ1v) is 11.7. The third kappa shape index (κ3) is 2.33. The van der Waals surface area contributed by atoms with E-state index in [0.29, 0.717) is 11.8 Å². The number of rotatable bonds is 1. The van der Waals surface area contributed by atoms with Crippen molar-refractivity contribution in [1.29, 1.82) is 0 Å². The van der Waals surface area contributed by atoms with Crippen LogP contribution in [0.15, 0.2) is 35.6 Å². The van der Waals surface area contributed by atoms with Crippen LogP contribution in [0.4, 0.5) is 0 Å². The number of esters is 1. The van der Waals surface area contributed by atoms with E-state index in [0.717, 1.165) is 6.42 Å². The lowest BCUT2D eigenvalue weighted by atomic mass is 9.64. The molecule has 0 N–H and O–H groups in total. The summed E-state index contributed by atoms with van der Waals surface area (Å²) in [6.45, 7) is 13.6. The van der Waals surface area contributed by atoms with Crippen molar-refractivity contribution in [2.75, 3.05) is 0 Å². The lowest BCUT2D eigenvalue weighted by Gasteiger charge is -2.42. The molecule has 132 valence electrons. The highest BCUT2D eigenvalue weighted by Crippen LogP contribution is 2.71. The Hall–Kier alpha value is -1.29. The molecule has 3 aliphatic rings. The van der Waals surface area contributed by atoms with Gasteiger partial charge in [-0.25, -0.2) is 0 Å². The van der Waals surface area contributed by atoms with Crippen molar-refractivity contribution in [2.24, 2.45) is 17.3 Å². The Bertz CT molecular complexity index is 603. The third-order valence-corrected chi connectivity index (χ3v) is 11.8. The number of carbonyl (C=O) groups is 1. The minimum atomic E-state index is -1.67. The van der Waals surface area contributed by atoms with Crippen LogP contribution in [0.3, 0.4) is 0 Å². The predicted molar refractivity (Wildman–Crippen MR) is 97.4 cm³/mol. The molecule has 1 fully saturated rings. The molecule has 0 amide bonds. The lowest BCUT2D eigenvalue weighted by molar-refractivity contribution is -0.149. The lowest BCUT2D eigenvalue weighted by Crippen LogP contribution is -3.00. The minimum absolute atomic E-state index is 0. The van der Waals surface area contributed by atoms with E-state index in [1.165, 1.54) is 6.92 Å². The summed E-state index contributed by atoms with van der Waals surface area (Å²) < 4.78 is 5.64. The summed E-state index contributed by atoms with van der Waals surface area (Å²) in [4.78, 5) is 11.5. The van der Waals surface area contributed by atoms with Crippen molar-refractivity contribution in [1.82, 2.24) is 0 Å². The van der Waals surface area contributed by atoms with Crippen LogP contribution in [0.1, 0.15) is 34.1 Å². The Morgan fingerprint density at radius 1 is 1.29 bits per heavy atom. The fourth-order valence-electron chi connectivity index (χ4n) is 5.49. The van der Waals surface area contributed by atoms with Crippen LogP contribution in [0.5, 0.6) is 0 Å². The maximum Gasteiger partial charge on any atom is 0.302 e. The SMILES string of the molecule is CC(=O)O[C@H]1CC2C(=C[C@H]1C)[Si](C)(C)C1(C=C[CH+]C=C1)C2(C)C.[F-].